The summed E-state index contributed by atoms with van der Waals surface area (Å²) in [6.07, 6.45) is 2.64. The molecule has 2 nitrogen and oxygen atoms in total. The fourth-order valence-electron chi connectivity index (χ4n) is 0. The van der Waals surface area contributed by atoms with Gasteiger partial charge in [0.05, 0.1) is 0 Å². The van der Waals surface area contributed by atoms with Crippen molar-refractivity contribution in [2.45, 2.75) is 26.7 Å². The van der Waals surface area contributed by atoms with E-state index in [9.17, 15) is 0 Å². The number of thiol groups is 2. The molecule has 0 rings (SSSR count). The summed E-state index contributed by atoms with van der Waals surface area (Å²) >= 11 is 15.3. The van der Waals surface area contributed by atoms with Crippen LogP contribution >= 0.6 is 49.7 Å². The van der Waals surface area contributed by atoms with E-state index in [1.807, 2.05) is 0 Å². The minimum absolute atomic E-state index is 0. The van der Waals surface area contributed by atoms with Gasteiger partial charge in [-0.15, -0.1) is 25.3 Å². The summed E-state index contributed by atoms with van der Waals surface area (Å²) in [7, 11) is 0. The third-order valence-electron chi connectivity index (χ3n) is 0.500. The fourth-order valence-corrected chi connectivity index (χ4v) is 0. The van der Waals surface area contributed by atoms with Crippen molar-refractivity contribution >= 4 is 82.0 Å². The molecule has 0 unspecified atom stereocenters. The Morgan fingerprint density at radius 3 is 1.08 bits per heavy atom. The van der Waals surface area contributed by atoms with Crippen molar-refractivity contribution in [2.24, 2.45) is 11.5 Å². The van der Waals surface area contributed by atoms with E-state index in [0.717, 1.165) is 0 Å². The summed E-state index contributed by atoms with van der Waals surface area (Å²) in [5.41, 5.74) is 9.41. The van der Waals surface area contributed by atoms with Crippen LogP contribution in [0.2, 0.25) is 0 Å². The Morgan fingerprint density at radius 2 is 1.08 bits per heavy atom. The van der Waals surface area contributed by atoms with E-state index < -0.39 is 0 Å². The molecule has 0 amide bonds. The molecular weight excluding hydrogens is 356 g/mol. The van der Waals surface area contributed by atoms with Gasteiger partial charge in [-0.25, -0.2) is 0 Å². The maximum atomic E-state index is 4.71. The van der Waals surface area contributed by atoms with E-state index in [0.29, 0.717) is 0 Å². The Hall–Kier alpha value is 1.27. The van der Waals surface area contributed by atoms with Crippen molar-refractivity contribution in [1.29, 1.82) is 0 Å². The van der Waals surface area contributed by atoms with Crippen LogP contribution in [0.4, 0.5) is 0 Å². The molecule has 80 valence electrons. The van der Waals surface area contributed by atoms with Gasteiger partial charge < -0.3 is 11.5 Å². The molecule has 4 N–H and O–H groups in total. The van der Waals surface area contributed by atoms with Crippen molar-refractivity contribution in [3.63, 3.8) is 0 Å². The molecule has 0 aromatic carbocycles. The molecule has 0 aliphatic carbocycles. The van der Waals surface area contributed by atoms with Crippen molar-refractivity contribution in [2.75, 3.05) is 0 Å². The van der Waals surface area contributed by atoms with Crippen molar-refractivity contribution in [3.8, 4) is 0 Å². The van der Waals surface area contributed by atoms with E-state index in [-0.39, 0.29) is 32.3 Å². The van der Waals surface area contributed by atoms with Crippen LogP contribution < -0.4 is 11.5 Å². The van der Waals surface area contributed by atoms with E-state index in [1.54, 1.807) is 0 Å². The van der Waals surface area contributed by atoms with Crippen LogP contribution in [0.1, 0.15) is 26.7 Å². The molecule has 0 aromatic heterocycles. The van der Waals surface area contributed by atoms with E-state index >= 15 is 0 Å². The third-order valence-corrected chi connectivity index (χ3v) is 0.500. The van der Waals surface area contributed by atoms with Crippen molar-refractivity contribution in [3.05, 3.63) is 0 Å². The zero-order valence-electron chi connectivity index (χ0n) is 7.69. The first kappa shape index (κ1) is 23.8. The minimum Gasteiger partial charge on any atom is -0.385 e. The third kappa shape index (κ3) is 327. The Kier molecular flexibility index (Phi) is 42.6. The minimum atomic E-state index is 0. The quantitative estimate of drug-likeness (QED) is 0.322. The van der Waals surface area contributed by atoms with Crippen LogP contribution in [0.25, 0.3) is 0 Å². The van der Waals surface area contributed by atoms with Gasteiger partial charge in [-0.05, 0) is 0 Å². The Bertz CT molecular complexity index is 99.2. The Labute approximate surface area is 119 Å². The molecule has 0 aliphatic heterocycles. The second kappa shape index (κ2) is 23.2. The molecule has 0 atom stereocenters. The van der Waals surface area contributed by atoms with Crippen LogP contribution in [0.3, 0.4) is 0 Å². The van der Waals surface area contributed by atoms with Gasteiger partial charge in [0.25, 0.3) is 0 Å². The maximum Gasteiger partial charge on any atom is 0.128 e. The number of hydrogen-bond acceptors (Lipinski definition) is 2. The standard InChI is InChI=1S/C4H10.2CH3NS2.Te/c1-3-4-2;2*2-1(3)4;/h3-4H2,1-2H3;2*(H3,2,3,4);. The average molecular weight is 372 g/mol. The van der Waals surface area contributed by atoms with Crippen LogP contribution in [0.5, 0.6) is 0 Å². The number of thiocarbonyl (C=S) groups is 2. The number of nitrogens with two attached hydrogens (primary N) is 2. The van der Waals surface area contributed by atoms with Gasteiger partial charge in [-0.2, -0.15) is 0 Å². The topological polar surface area (TPSA) is 52.0 Å². The van der Waals surface area contributed by atoms with E-state index in [4.69, 9.17) is 11.5 Å². The van der Waals surface area contributed by atoms with Crippen molar-refractivity contribution < 1.29 is 0 Å². The fraction of sp³-hybridized carbons (Fsp3) is 0.667. The van der Waals surface area contributed by atoms with Gasteiger partial charge in [0, 0.05) is 23.7 Å². The summed E-state index contributed by atoms with van der Waals surface area (Å²) in [5.74, 6) is 0. The van der Waals surface area contributed by atoms with Gasteiger partial charge in [0.15, 0.2) is 0 Å². The smallest absolute Gasteiger partial charge is 0.128 e. The largest absolute Gasteiger partial charge is 0.385 e. The zero-order valence-corrected chi connectivity index (χ0v) is 13.4. The molecule has 0 saturated carbocycles. The first-order valence-electron chi connectivity index (χ1n) is 3.35. The summed E-state index contributed by atoms with van der Waals surface area (Å²) in [5, 5.41) is 0. The SMILES string of the molecule is CCCC.NC(=S)S.NC(=S)S.[Te]. The van der Waals surface area contributed by atoms with Crippen LogP contribution in [0, 0.1) is 0 Å². The average Bonchev–Trinajstić information content (AvgIpc) is 1.85. The number of rotatable bonds is 1. The summed E-state index contributed by atoms with van der Waals surface area (Å²) < 4.78 is 0.389. The van der Waals surface area contributed by atoms with Gasteiger partial charge in [0.2, 0.25) is 0 Å². The molecule has 0 fully saturated rings. The van der Waals surface area contributed by atoms with E-state index in [1.165, 1.54) is 12.8 Å². The molecule has 0 aliphatic rings. The van der Waals surface area contributed by atoms with E-state index in [2.05, 4.69) is 63.5 Å². The second-order valence-corrected chi connectivity index (χ2v) is 4.12. The summed E-state index contributed by atoms with van der Waals surface area (Å²) in [6, 6.07) is 0. The molecule has 13 heavy (non-hydrogen) atoms. The number of hydrogen-bond donors (Lipinski definition) is 4. The van der Waals surface area contributed by atoms with Crippen LogP contribution in [-0.4, -0.2) is 32.3 Å². The Balaban J connectivity index is -0.0000000450. The van der Waals surface area contributed by atoms with Crippen LogP contribution in [0.15, 0.2) is 0 Å². The molecule has 0 spiro atoms. The first-order chi connectivity index (χ1) is 5.38. The van der Waals surface area contributed by atoms with Crippen LogP contribution in [-0.2, 0) is 0 Å². The predicted molar refractivity (Wildman–Crippen MR) is 77.9 cm³/mol. The molecule has 7 heteroatoms. The van der Waals surface area contributed by atoms with Gasteiger partial charge >= 0.3 is 0 Å². The molecule has 0 aromatic rings. The Morgan fingerprint density at radius 1 is 1.00 bits per heavy atom. The zero-order chi connectivity index (χ0) is 10.6. The first-order valence-corrected chi connectivity index (χ1v) is 5.06. The molecular formula is C6H16N2S4Te. The second-order valence-electron chi connectivity index (χ2n) is 1.68. The van der Waals surface area contributed by atoms with Crippen molar-refractivity contribution in [1.82, 2.24) is 0 Å². The van der Waals surface area contributed by atoms with Gasteiger partial charge in [0.1, 0.15) is 8.64 Å². The molecule has 0 bridgehead atoms. The molecule has 2 radical (unpaired) electrons. The monoisotopic (exact) mass is 374 g/mol. The molecule has 0 saturated heterocycles. The number of unbranched alkanes of at least 4 members (excludes halogenated alkanes) is 1. The maximum absolute atomic E-state index is 4.71. The summed E-state index contributed by atoms with van der Waals surface area (Å²) in [6.45, 7) is 4.36. The van der Waals surface area contributed by atoms with Gasteiger partial charge in [-0.3, -0.25) is 0 Å². The normalized spacial score (nSPS) is 6.15. The molecule has 0 heterocycles. The predicted octanol–water partition coefficient (Wildman–Crippen LogP) is 1.75. The van der Waals surface area contributed by atoms with Gasteiger partial charge in [-0.1, -0.05) is 51.1 Å². The summed E-state index contributed by atoms with van der Waals surface area (Å²) in [4.78, 5) is 0.